The zero-order chi connectivity index (χ0) is 19.9. The van der Waals surface area contributed by atoms with Gasteiger partial charge in [-0.3, -0.25) is 14.5 Å². The fraction of sp³-hybridized carbons (Fsp3) is 0.391. The van der Waals surface area contributed by atoms with E-state index in [0.717, 1.165) is 25.8 Å². The highest BCUT2D eigenvalue weighted by Gasteiger charge is 2.30. The van der Waals surface area contributed by atoms with Crippen LogP contribution in [0.2, 0.25) is 0 Å². The topological polar surface area (TPSA) is 61.4 Å². The molecule has 1 saturated carbocycles. The second-order valence-corrected chi connectivity index (χ2v) is 7.29. The molecule has 3 rings (SSSR count). The SMILES string of the molecule is CCNC(=O)c1cccc(NC(=O)CN(Cc2ccc(CC)cc2)C2CC2)c1. The van der Waals surface area contributed by atoms with Crippen molar-refractivity contribution in [3.8, 4) is 0 Å². The fourth-order valence-corrected chi connectivity index (χ4v) is 3.25. The van der Waals surface area contributed by atoms with Crippen LogP contribution < -0.4 is 10.6 Å². The molecule has 2 N–H and O–H groups in total. The largest absolute Gasteiger partial charge is 0.352 e. The van der Waals surface area contributed by atoms with Gasteiger partial charge in [0.15, 0.2) is 0 Å². The molecule has 1 aliphatic rings. The van der Waals surface area contributed by atoms with Gasteiger partial charge in [-0.2, -0.15) is 0 Å². The third-order valence-electron chi connectivity index (χ3n) is 4.97. The monoisotopic (exact) mass is 379 g/mol. The number of amides is 2. The molecular formula is C23H29N3O2. The van der Waals surface area contributed by atoms with Crippen molar-refractivity contribution in [1.29, 1.82) is 0 Å². The molecule has 0 unspecified atom stereocenters. The first-order chi connectivity index (χ1) is 13.6. The number of hydrogen-bond donors (Lipinski definition) is 2. The van der Waals surface area contributed by atoms with Crippen LogP contribution in [0.25, 0.3) is 0 Å². The molecule has 0 radical (unpaired) electrons. The van der Waals surface area contributed by atoms with Crippen LogP contribution in [-0.4, -0.2) is 35.8 Å². The Bertz CT molecular complexity index is 813. The Morgan fingerprint density at radius 1 is 1.04 bits per heavy atom. The van der Waals surface area contributed by atoms with Gasteiger partial charge in [0, 0.05) is 30.4 Å². The first-order valence-electron chi connectivity index (χ1n) is 10.1. The Hall–Kier alpha value is -2.66. The maximum atomic E-state index is 12.6. The zero-order valence-corrected chi connectivity index (χ0v) is 16.7. The third-order valence-corrected chi connectivity index (χ3v) is 4.97. The van der Waals surface area contributed by atoms with Gasteiger partial charge < -0.3 is 10.6 Å². The summed E-state index contributed by atoms with van der Waals surface area (Å²) in [5.41, 5.74) is 3.76. The summed E-state index contributed by atoms with van der Waals surface area (Å²) in [5, 5.41) is 5.71. The van der Waals surface area contributed by atoms with E-state index in [4.69, 9.17) is 0 Å². The van der Waals surface area contributed by atoms with Gasteiger partial charge in [-0.05, 0) is 55.5 Å². The number of nitrogens with one attached hydrogen (secondary N) is 2. The quantitative estimate of drug-likeness (QED) is 0.700. The van der Waals surface area contributed by atoms with Crippen molar-refractivity contribution in [2.45, 2.75) is 45.7 Å². The van der Waals surface area contributed by atoms with Crippen molar-refractivity contribution >= 4 is 17.5 Å². The highest BCUT2D eigenvalue weighted by atomic mass is 16.2. The van der Waals surface area contributed by atoms with E-state index in [0.29, 0.717) is 30.4 Å². The minimum atomic E-state index is -0.131. The molecule has 0 bridgehead atoms. The van der Waals surface area contributed by atoms with Crippen molar-refractivity contribution in [2.75, 3.05) is 18.4 Å². The molecule has 1 fully saturated rings. The smallest absolute Gasteiger partial charge is 0.251 e. The Labute approximate surface area is 167 Å². The molecular weight excluding hydrogens is 350 g/mol. The van der Waals surface area contributed by atoms with Crippen LogP contribution in [0.15, 0.2) is 48.5 Å². The number of nitrogens with zero attached hydrogens (tertiary/aromatic N) is 1. The van der Waals surface area contributed by atoms with E-state index in [1.807, 2.05) is 13.0 Å². The van der Waals surface area contributed by atoms with E-state index in [-0.39, 0.29) is 11.8 Å². The van der Waals surface area contributed by atoms with Gasteiger partial charge >= 0.3 is 0 Å². The molecule has 0 spiro atoms. The van der Waals surface area contributed by atoms with E-state index < -0.39 is 0 Å². The Morgan fingerprint density at radius 2 is 1.75 bits per heavy atom. The number of anilines is 1. The molecule has 28 heavy (non-hydrogen) atoms. The van der Waals surface area contributed by atoms with Gasteiger partial charge in [-0.1, -0.05) is 37.3 Å². The molecule has 5 nitrogen and oxygen atoms in total. The summed E-state index contributed by atoms with van der Waals surface area (Å²) in [7, 11) is 0. The van der Waals surface area contributed by atoms with Gasteiger partial charge in [0.2, 0.25) is 5.91 Å². The normalized spacial score (nSPS) is 13.4. The van der Waals surface area contributed by atoms with E-state index >= 15 is 0 Å². The zero-order valence-electron chi connectivity index (χ0n) is 16.7. The van der Waals surface area contributed by atoms with Crippen molar-refractivity contribution in [1.82, 2.24) is 10.2 Å². The molecule has 1 aliphatic carbocycles. The fourth-order valence-electron chi connectivity index (χ4n) is 3.25. The number of benzene rings is 2. The molecule has 0 aromatic heterocycles. The molecule has 2 amide bonds. The van der Waals surface area contributed by atoms with Crippen LogP contribution in [0.5, 0.6) is 0 Å². The predicted octanol–water partition coefficient (Wildman–Crippen LogP) is 3.60. The molecule has 0 heterocycles. The van der Waals surface area contributed by atoms with E-state index in [1.165, 1.54) is 11.1 Å². The molecule has 0 saturated heterocycles. The van der Waals surface area contributed by atoms with Crippen molar-refractivity contribution in [3.63, 3.8) is 0 Å². The van der Waals surface area contributed by atoms with Crippen LogP contribution in [0, 0.1) is 0 Å². The number of hydrogen-bond acceptors (Lipinski definition) is 3. The summed E-state index contributed by atoms with van der Waals surface area (Å²) < 4.78 is 0. The Balaban J connectivity index is 1.60. The third kappa shape index (κ3) is 5.67. The van der Waals surface area contributed by atoms with Crippen LogP contribution in [0.3, 0.4) is 0 Å². The first-order valence-corrected chi connectivity index (χ1v) is 10.1. The molecule has 0 atom stereocenters. The van der Waals surface area contributed by atoms with Crippen LogP contribution in [0.4, 0.5) is 5.69 Å². The Morgan fingerprint density at radius 3 is 2.39 bits per heavy atom. The molecule has 2 aromatic carbocycles. The summed E-state index contributed by atoms with van der Waals surface area (Å²) >= 11 is 0. The van der Waals surface area contributed by atoms with E-state index in [9.17, 15) is 9.59 Å². The lowest BCUT2D eigenvalue weighted by Crippen LogP contribution is -2.34. The lowest BCUT2D eigenvalue weighted by atomic mass is 10.1. The summed E-state index contributed by atoms with van der Waals surface area (Å²) in [6, 6.07) is 16.2. The van der Waals surface area contributed by atoms with Gasteiger partial charge in [0.1, 0.15) is 0 Å². The number of carbonyl (C=O) groups excluding carboxylic acids is 2. The predicted molar refractivity (Wildman–Crippen MR) is 112 cm³/mol. The average molecular weight is 380 g/mol. The lowest BCUT2D eigenvalue weighted by molar-refractivity contribution is -0.117. The van der Waals surface area contributed by atoms with Crippen molar-refractivity contribution in [2.24, 2.45) is 0 Å². The number of aryl methyl sites for hydroxylation is 1. The van der Waals surface area contributed by atoms with Crippen molar-refractivity contribution < 1.29 is 9.59 Å². The van der Waals surface area contributed by atoms with Gasteiger partial charge in [-0.15, -0.1) is 0 Å². The minimum absolute atomic E-state index is 0.0508. The summed E-state index contributed by atoms with van der Waals surface area (Å²) in [5.74, 6) is -0.182. The molecule has 2 aromatic rings. The summed E-state index contributed by atoms with van der Waals surface area (Å²) in [4.78, 5) is 26.8. The van der Waals surface area contributed by atoms with Crippen molar-refractivity contribution in [3.05, 3.63) is 65.2 Å². The Kier molecular flexibility index (Phi) is 6.82. The standard InChI is InChI=1S/C23H29N3O2/c1-3-17-8-10-18(11-9-17)15-26(21-12-13-21)16-22(27)25-20-7-5-6-19(14-20)23(28)24-4-2/h5-11,14,21H,3-4,12-13,15-16H2,1-2H3,(H,24,28)(H,25,27). The molecule has 148 valence electrons. The van der Waals surface area contributed by atoms with E-state index in [2.05, 4.69) is 46.7 Å². The second-order valence-electron chi connectivity index (χ2n) is 7.29. The van der Waals surface area contributed by atoms with Gasteiger partial charge in [0.25, 0.3) is 5.91 Å². The van der Waals surface area contributed by atoms with Crippen LogP contribution >= 0.6 is 0 Å². The number of carbonyl (C=O) groups is 2. The van der Waals surface area contributed by atoms with Gasteiger partial charge in [0.05, 0.1) is 6.54 Å². The minimum Gasteiger partial charge on any atom is -0.352 e. The lowest BCUT2D eigenvalue weighted by Gasteiger charge is -2.21. The summed E-state index contributed by atoms with van der Waals surface area (Å²) in [6.45, 7) is 5.74. The average Bonchev–Trinajstić information content (AvgIpc) is 3.54. The molecule has 5 heteroatoms. The summed E-state index contributed by atoms with van der Waals surface area (Å²) in [6.07, 6.45) is 3.32. The maximum Gasteiger partial charge on any atom is 0.251 e. The molecule has 0 aliphatic heterocycles. The van der Waals surface area contributed by atoms with E-state index in [1.54, 1.807) is 18.2 Å². The number of rotatable bonds is 9. The first kappa shape index (κ1) is 20.1. The van der Waals surface area contributed by atoms with Gasteiger partial charge in [-0.25, -0.2) is 0 Å². The highest BCUT2D eigenvalue weighted by molar-refractivity contribution is 5.97. The highest BCUT2D eigenvalue weighted by Crippen LogP contribution is 2.28. The maximum absolute atomic E-state index is 12.6. The van der Waals surface area contributed by atoms with Crippen LogP contribution in [-0.2, 0) is 17.8 Å². The second kappa shape index (κ2) is 9.51. The van der Waals surface area contributed by atoms with Crippen LogP contribution in [0.1, 0.15) is 48.2 Å².